The molecular formula is C20H20N4O3. The van der Waals surface area contributed by atoms with Crippen LogP contribution in [0, 0.1) is 0 Å². The molecule has 0 aliphatic heterocycles. The van der Waals surface area contributed by atoms with Crippen molar-refractivity contribution in [1.82, 2.24) is 20.6 Å². The molecule has 27 heavy (non-hydrogen) atoms. The Morgan fingerprint density at radius 2 is 1.67 bits per heavy atom. The number of benzene rings is 2. The van der Waals surface area contributed by atoms with Crippen LogP contribution < -0.4 is 10.9 Å². The van der Waals surface area contributed by atoms with Crippen molar-refractivity contribution in [2.75, 3.05) is 6.61 Å². The molecule has 1 aromatic heterocycles. The maximum absolute atomic E-state index is 12.6. The summed E-state index contributed by atoms with van der Waals surface area (Å²) in [6.45, 7) is 2.42. The first kappa shape index (κ1) is 18.2. The van der Waals surface area contributed by atoms with E-state index in [0.29, 0.717) is 17.8 Å². The zero-order valence-electron chi connectivity index (χ0n) is 14.9. The van der Waals surface area contributed by atoms with E-state index in [4.69, 9.17) is 4.74 Å². The van der Waals surface area contributed by atoms with Crippen LogP contribution in [0.3, 0.4) is 0 Å². The molecule has 0 fully saturated rings. The Kier molecular flexibility index (Phi) is 5.84. The van der Waals surface area contributed by atoms with Crippen molar-refractivity contribution in [1.29, 1.82) is 0 Å². The third-order valence-corrected chi connectivity index (χ3v) is 3.79. The standard InChI is InChI=1S/C20H20N4O3/c1-2-27-20(26)22-21-19(25)17-14-24(13-15-9-5-3-6-10-15)23-18(17)16-11-7-4-8-12-16/h3-12,14H,2,13H2,1H3,(H,21,25)(H,22,26). The van der Waals surface area contributed by atoms with E-state index < -0.39 is 12.0 Å². The van der Waals surface area contributed by atoms with Crippen LogP contribution in [-0.4, -0.2) is 28.4 Å². The van der Waals surface area contributed by atoms with E-state index in [9.17, 15) is 9.59 Å². The molecule has 0 atom stereocenters. The van der Waals surface area contributed by atoms with Crippen LogP contribution >= 0.6 is 0 Å². The number of carbonyl (C=O) groups is 2. The first-order chi connectivity index (χ1) is 13.2. The zero-order valence-corrected chi connectivity index (χ0v) is 14.9. The lowest BCUT2D eigenvalue weighted by Gasteiger charge is -2.07. The minimum absolute atomic E-state index is 0.214. The van der Waals surface area contributed by atoms with Crippen LogP contribution in [0.15, 0.2) is 66.9 Å². The second-order valence-electron chi connectivity index (χ2n) is 5.74. The number of hydrazine groups is 1. The average molecular weight is 364 g/mol. The fourth-order valence-electron chi connectivity index (χ4n) is 2.59. The maximum Gasteiger partial charge on any atom is 0.426 e. The number of rotatable bonds is 5. The van der Waals surface area contributed by atoms with Crippen LogP contribution in [0.1, 0.15) is 22.8 Å². The number of nitrogens with zero attached hydrogens (tertiary/aromatic N) is 2. The molecule has 7 nitrogen and oxygen atoms in total. The van der Waals surface area contributed by atoms with E-state index in [2.05, 4.69) is 16.0 Å². The second kappa shape index (κ2) is 8.66. The Morgan fingerprint density at radius 3 is 2.33 bits per heavy atom. The molecule has 2 N–H and O–H groups in total. The number of aromatic nitrogens is 2. The van der Waals surface area contributed by atoms with Crippen molar-refractivity contribution in [2.45, 2.75) is 13.5 Å². The van der Waals surface area contributed by atoms with Crippen LogP contribution in [-0.2, 0) is 11.3 Å². The smallest absolute Gasteiger partial charge is 0.426 e. The third kappa shape index (κ3) is 4.72. The predicted octanol–water partition coefficient (Wildman–Crippen LogP) is 2.99. The topological polar surface area (TPSA) is 85.3 Å². The first-order valence-corrected chi connectivity index (χ1v) is 8.57. The summed E-state index contributed by atoms with van der Waals surface area (Å²) in [7, 11) is 0. The van der Waals surface area contributed by atoms with Gasteiger partial charge in [0.1, 0.15) is 5.69 Å². The molecule has 7 heteroatoms. The molecule has 0 bridgehead atoms. The predicted molar refractivity (Wildman–Crippen MR) is 101 cm³/mol. The number of nitrogens with one attached hydrogen (secondary N) is 2. The molecule has 0 aliphatic carbocycles. The second-order valence-corrected chi connectivity index (χ2v) is 5.74. The summed E-state index contributed by atoms with van der Waals surface area (Å²) < 4.78 is 6.45. The summed E-state index contributed by atoms with van der Waals surface area (Å²) in [5, 5.41) is 4.57. The lowest BCUT2D eigenvalue weighted by molar-refractivity contribution is 0.0913. The molecule has 138 valence electrons. The highest BCUT2D eigenvalue weighted by atomic mass is 16.5. The molecule has 2 amide bonds. The van der Waals surface area contributed by atoms with Gasteiger partial charge in [0.05, 0.1) is 18.7 Å². The van der Waals surface area contributed by atoms with Gasteiger partial charge in [-0.1, -0.05) is 60.7 Å². The largest absolute Gasteiger partial charge is 0.449 e. The fourth-order valence-corrected chi connectivity index (χ4v) is 2.59. The Bertz CT molecular complexity index is 907. The number of hydrogen-bond acceptors (Lipinski definition) is 4. The zero-order chi connectivity index (χ0) is 19.1. The van der Waals surface area contributed by atoms with Crippen molar-refractivity contribution < 1.29 is 14.3 Å². The van der Waals surface area contributed by atoms with Gasteiger partial charge >= 0.3 is 6.09 Å². The quantitative estimate of drug-likeness (QED) is 0.682. The highest BCUT2D eigenvalue weighted by Crippen LogP contribution is 2.22. The molecule has 1 heterocycles. The lowest BCUT2D eigenvalue weighted by atomic mass is 10.1. The highest BCUT2D eigenvalue weighted by molar-refractivity contribution is 6.00. The van der Waals surface area contributed by atoms with E-state index in [0.717, 1.165) is 11.1 Å². The maximum atomic E-state index is 12.6. The molecule has 0 saturated heterocycles. The Hall–Kier alpha value is -3.61. The first-order valence-electron chi connectivity index (χ1n) is 8.57. The Labute approximate surface area is 156 Å². The van der Waals surface area contributed by atoms with E-state index in [-0.39, 0.29) is 6.61 Å². The summed E-state index contributed by atoms with van der Waals surface area (Å²) >= 11 is 0. The number of ether oxygens (including phenoxy) is 1. The minimum atomic E-state index is -0.719. The van der Waals surface area contributed by atoms with Gasteiger partial charge in [0.15, 0.2) is 0 Å². The van der Waals surface area contributed by atoms with Crippen molar-refractivity contribution in [3.05, 3.63) is 78.0 Å². The molecule has 2 aromatic carbocycles. The molecule has 0 unspecified atom stereocenters. The molecule has 3 aromatic rings. The molecule has 0 spiro atoms. The van der Waals surface area contributed by atoms with Crippen molar-refractivity contribution in [2.24, 2.45) is 0 Å². The van der Waals surface area contributed by atoms with Crippen LogP contribution in [0.5, 0.6) is 0 Å². The van der Waals surface area contributed by atoms with Gasteiger partial charge in [0.2, 0.25) is 0 Å². The van der Waals surface area contributed by atoms with Gasteiger partial charge in [-0.2, -0.15) is 5.10 Å². The molecule has 0 saturated carbocycles. The van der Waals surface area contributed by atoms with Crippen LogP contribution in [0.25, 0.3) is 11.3 Å². The van der Waals surface area contributed by atoms with Gasteiger partial charge in [0, 0.05) is 11.8 Å². The SMILES string of the molecule is CCOC(=O)NNC(=O)c1cn(Cc2ccccc2)nc1-c1ccccc1. The molecule has 3 rings (SSSR count). The normalized spacial score (nSPS) is 10.3. The van der Waals surface area contributed by atoms with Crippen molar-refractivity contribution in [3.8, 4) is 11.3 Å². The average Bonchev–Trinajstić information content (AvgIpc) is 3.12. The number of amides is 2. The van der Waals surface area contributed by atoms with Gasteiger partial charge in [-0.05, 0) is 12.5 Å². The summed E-state index contributed by atoms with van der Waals surface area (Å²) in [6, 6.07) is 19.2. The van der Waals surface area contributed by atoms with Crippen molar-refractivity contribution in [3.63, 3.8) is 0 Å². The molecular weight excluding hydrogens is 344 g/mol. The lowest BCUT2D eigenvalue weighted by Crippen LogP contribution is -2.42. The van der Waals surface area contributed by atoms with Gasteiger partial charge in [-0.3, -0.25) is 14.9 Å². The Morgan fingerprint density at radius 1 is 1.00 bits per heavy atom. The summed E-state index contributed by atoms with van der Waals surface area (Å²) in [6.07, 6.45) is 0.945. The van der Waals surface area contributed by atoms with Gasteiger partial charge in [0.25, 0.3) is 5.91 Å². The van der Waals surface area contributed by atoms with E-state index in [1.807, 2.05) is 60.7 Å². The van der Waals surface area contributed by atoms with Crippen LogP contribution in [0.2, 0.25) is 0 Å². The molecule has 0 aliphatic rings. The number of hydrogen-bond donors (Lipinski definition) is 2. The third-order valence-electron chi connectivity index (χ3n) is 3.79. The highest BCUT2D eigenvalue weighted by Gasteiger charge is 2.18. The minimum Gasteiger partial charge on any atom is -0.449 e. The fraction of sp³-hybridized carbons (Fsp3) is 0.150. The Balaban J connectivity index is 1.86. The van der Waals surface area contributed by atoms with Crippen LogP contribution in [0.4, 0.5) is 4.79 Å². The van der Waals surface area contributed by atoms with Crippen molar-refractivity contribution >= 4 is 12.0 Å². The van der Waals surface area contributed by atoms with E-state index in [1.54, 1.807) is 17.8 Å². The summed E-state index contributed by atoms with van der Waals surface area (Å²) in [5.74, 6) is -0.471. The van der Waals surface area contributed by atoms with Gasteiger partial charge in [-0.25, -0.2) is 10.2 Å². The number of carbonyl (C=O) groups excluding carboxylic acids is 2. The van der Waals surface area contributed by atoms with Gasteiger partial charge < -0.3 is 4.74 Å². The molecule has 0 radical (unpaired) electrons. The summed E-state index contributed by atoms with van der Waals surface area (Å²) in [5.41, 5.74) is 7.34. The monoisotopic (exact) mass is 364 g/mol. The van der Waals surface area contributed by atoms with E-state index >= 15 is 0 Å². The van der Waals surface area contributed by atoms with Gasteiger partial charge in [-0.15, -0.1) is 0 Å². The van der Waals surface area contributed by atoms with E-state index in [1.165, 1.54) is 0 Å². The summed E-state index contributed by atoms with van der Waals surface area (Å²) in [4.78, 5) is 24.0.